The molecule has 0 spiro atoms. The molecule has 0 bridgehead atoms. The van der Waals surface area contributed by atoms with E-state index < -0.39 is 5.91 Å². The highest BCUT2D eigenvalue weighted by Crippen LogP contribution is 2.21. The summed E-state index contributed by atoms with van der Waals surface area (Å²) in [7, 11) is 0. The number of carbonyl (C=O) groups excluding carboxylic acids is 1. The van der Waals surface area contributed by atoms with Crippen LogP contribution in [0.25, 0.3) is 11.5 Å². The van der Waals surface area contributed by atoms with Gasteiger partial charge in [0.2, 0.25) is 5.89 Å². The molecular formula is C18H15FN2O2. The van der Waals surface area contributed by atoms with Crippen LogP contribution in [-0.2, 0) is 6.54 Å². The highest BCUT2D eigenvalue weighted by molar-refractivity contribution is 5.93. The normalized spacial score (nSPS) is 10.5. The van der Waals surface area contributed by atoms with Crippen molar-refractivity contribution in [1.29, 1.82) is 0 Å². The number of aryl methyl sites for hydroxylation is 1. The van der Waals surface area contributed by atoms with Gasteiger partial charge in [-0.3, -0.25) is 4.79 Å². The predicted octanol–water partition coefficient (Wildman–Crippen LogP) is 3.72. The maximum Gasteiger partial charge on any atom is 0.273 e. The lowest BCUT2D eigenvalue weighted by Gasteiger charge is -2.04. The van der Waals surface area contributed by atoms with Gasteiger partial charge in [0.05, 0.1) is 0 Å². The van der Waals surface area contributed by atoms with Crippen molar-refractivity contribution in [1.82, 2.24) is 10.3 Å². The molecule has 116 valence electrons. The average Bonchev–Trinajstić information content (AvgIpc) is 2.97. The molecule has 0 unspecified atom stereocenters. The first-order chi connectivity index (χ1) is 11.1. The van der Waals surface area contributed by atoms with Gasteiger partial charge in [0, 0.05) is 17.7 Å². The van der Waals surface area contributed by atoms with Gasteiger partial charge in [-0.15, -0.1) is 0 Å². The lowest BCUT2D eigenvalue weighted by Crippen LogP contribution is -2.24. The fourth-order valence-electron chi connectivity index (χ4n) is 2.21. The Hall–Kier alpha value is -2.95. The zero-order chi connectivity index (χ0) is 16.2. The third kappa shape index (κ3) is 3.29. The van der Waals surface area contributed by atoms with E-state index in [0.29, 0.717) is 17.2 Å². The first kappa shape index (κ1) is 15.0. The van der Waals surface area contributed by atoms with Gasteiger partial charge in [0.25, 0.3) is 5.91 Å². The molecule has 0 fully saturated rings. The van der Waals surface area contributed by atoms with Crippen LogP contribution in [0.5, 0.6) is 0 Å². The molecule has 0 aliphatic carbocycles. The van der Waals surface area contributed by atoms with E-state index in [-0.39, 0.29) is 18.1 Å². The van der Waals surface area contributed by atoms with Crippen LogP contribution in [0, 0.1) is 12.7 Å². The molecule has 1 aromatic heterocycles. The molecule has 2 aromatic carbocycles. The second kappa shape index (κ2) is 6.44. The van der Waals surface area contributed by atoms with Gasteiger partial charge < -0.3 is 9.73 Å². The Morgan fingerprint density at radius 1 is 1.13 bits per heavy atom. The summed E-state index contributed by atoms with van der Waals surface area (Å²) in [5, 5.41) is 2.66. The van der Waals surface area contributed by atoms with E-state index in [9.17, 15) is 9.18 Å². The third-order valence-electron chi connectivity index (χ3n) is 3.43. The summed E-state index contributed by atoms with van der Waals surface area (Å²) in [6.45, 7) is 1.77. The maximum atomic E-state index is 13.6. The van der Waals surface area contributed by atoms with E-state index in [1.165, 1.54) is 6.07 Å². The SMILES string of the molecule is Cc1oc(-c2ccccc2)nc1C(=O)NCc1ccccc1F. The number of nitrogens with one attached hydrogen (secondary N) is 1. The van der Waals surface area contributed by atoms with E-state index in [1.807, 2.05) is 30.3 Å². The third-order valence-corrected chi connectivity index (χ3v) is 3.43. The van der Waals surface area contributed by atoms with Crippen LogP contribution in [0.3, 0.4) is 0 Å². The fraction of sp³-hybridized carbons (Fsp3) is 0.111. The quantitative estimate of drug-likeness (QED) is 0.799. The number of halogens is 1. The van der Waals surface area contributed by atoms with E-state index in [2.05, 4.69) is 10.3 Å². The van der Waals surface area contributed by atoms with Crippen molar-refractivity contribution < 1.29 is 13.6 Å². The van der Waals surface area contributed by atoms with E-state index in [0.717, 1.165) is 5.56 Å². The lowest BCUT2D eigenvalue weighted by atomic mass is 10.2. The predicted molar refractivity (Wildman–Crippen MR) is 84.2 cm³/mol. The molecule has 5 heteroatoms. The maximum absolute atomic E-state index is 13.6. The summed E-state index contributed by atoms with van der Waals surface area (Å²) in [4.78, 5) is 16.5. The second-order valence-electron chi connectivity index (χ2n) is 5.06. The van der Waals surface area contributed by atoms with Crippen LogP contribution < -0.4 is 5.32 Å². The van der Waals surface area contributed by atoms with Crippen molar-refractivity contribution in [3.05, 3.63) is 77.4 Å². The Morgan fingerprint density at radius 3 is 2.57 bits per heavy atom. The second-order valence-corrected chi connectivity index (χ2v) is 5.06. The molecule has 3 aromatic rings. The van der Waals surface area contributed by atoms with E-state index in [1.54, 1.807) is 25.1 Å². The molecule has 3 rings (SSSR count). The molecule has 1 amide bonds. The van der Waals surface area contributed by atoms with Crippen LogP contribution in [0.4, 0.5) is 4.39 Å². The Balaban J connectivity index is 1.75. The van der Waals surface area contributed by atoms with E-state index in [4.69, 9.17) is 4.42 Å². The summed E-state index contributed by atoms with van der Waals surface area (Å²) in [6.07, 6.45) is 0. The standard InChI is InChI=1S/C18H15FN2O2/c1-12-16(21-18(23-12)13-7-3-2-4-8-13)17(22)20-11-14-9-5-6-10-15(14)19/h2-10H,11H2,1H3,(H,20,22). The van der Waals surface area contributed by atoms with Gasteiger partial charge in [0.15, 0.2) is 5.69 Å². The summed E-state index contributed by atoms with van der Waals surface area (Å²) < 4.78 is 19.1. The minimum atomic E-state index is -0.392. The Kier molecular flexibility index (Phi) is 4.19. The summed E-state index contributed by atoms with van der Waals surface area (Å²) in [6, 6.07) is 15.6. The molecular weight excluding hydrogens is 295 g/mol. The van der Waals surface area contributed by atoms with Gasteiger partial charge in [-0.1, -0.05) is 36.4 Å². The van der Waals surface area contributed by atoms with Crippen LogP contribution in [0.1, 0.15) is 21.8 Å². The van der Waals surface area contributed by atoms with E-state index >= 15 is 0 Å². The first-order valence-electron chi connectivity index (χ1n) is 7.19. The van der Waals surface area contributed by atoms with Crippen LogP contribution in [0.15, 0.2) is 59.0 Å². The number of benzene rings is 2. The Bertz CT molecular complexity index is 828. The van der Waals surface area contributed by atoms with Crippen LogP contribution >= 0.6 is 0 Å². The number of oxazole rings is 1. The van der Waals surface area contributed by atoms with Gasteiger partial charge in [-0.05, 0) is 25.1 Å². The van der Waals surface area contributed by atoms with Gasteiger partial charge in [-0.2, -0.15) is 0 Å². The fourth-order valence-corrected chi connectivity index (χ4v) is 2.21. The van der Waals surface area contributed by atoms with Crippen molar-refractivity contribution >= 4 is 5.91 Å². The number of aromatic nitrogens is 1. The zero-order valence-corrected chi connectivity index (χ0v) is 12.5. The Morgan fingerprint density at radius 2 is 1.83 bits per heavy atom. The van der Waals surface area contributed by atoms with Crippen molar-refractivity contribution in [2.75, 3.05) is 0 Å². The number of hydrogen-bond acceptors (Lipinski definition) is 3. The van der Waals surface area contributed by atoms with Gasteiger partial charge >= 0.3 is 0 Å². The molecule has 0 saturated heterocycles. The first-order valence-corrected chi connectivity index (χ1v) is 7.19. The average molecular weight is 310 g/mol. The van der Waals surface area contributed by atoms with Crippen molar-refractivity contribution in [3.63, 3.8) is 0 Å². The molecule has 0 aliphatic rings. The van der Waals surface area contributed by atoms with Crippen molar-refractivity contribution in [3.8, 4) is 11.5 Å². The molecule has 0 saturated carbocycles. The molecule has 0 atom stereocenters. The van der Waals surface area contributed by atoms with Crippen LogP contribution in [0.2, 0.25) is 0 Å². The lowest BCUT2D eigenvalue weighted by molar-refractivity contribution is 0.0944. The Labute approximate surface area is 133 Å². The largest absolute Gasteiger partial charge is 0.441 e. The monoisotopic (exact) mass is 310 g/mol. The molecule has 1 N–H and O–H groups in total. The smallest absolute Gasteiger partial charge is 0.273 e. The van der Waals surface area contributed by atoms with Crippen LogP contribution in [-0.4, -0.2) is 10.9 Å². The number of nitrogens with zero attached hydrogens (tertiary/aromatic N) is 1. The highest BCUT2D eigenvalue weighted by atomic mass is 19.1. The summed E-state index contributed by atoms with van der Waals surface area (Å²) in [5.41, 5.74) is 1.43. The topological polar surface area (TPSA) is 55.1 Å². The number of rotatable bonds is 4. The van der Waals surface area contributed by atoms with Gasteiger partial charge in [-0.25, -0.2) is 9.37 Å². The molecule has 0 radical (unpaired) electrons. The molecule has 23 heavy (non-hydrogen) atoms. The number of hydrogen-bond donors (Lipinski definition) is 1. The van der Waals surface area contributed by atoms with Crippen molar-refractivity contribution in [2.45, 2.75) is 13.5 Å². The zero-order valence-electron chi connectivity index (χ0n) is 12.5. The highest BCUT2D eigenvalue weighted by Gasteiger charge is 2.18. The minimum absolute atomic E-state index is 0.0957. The summed E-state index contributed by atoms with van der Waals surface area (Å²) in [5.74, 6) is 0.0698. The van der Waals surface area contributed by atoms with Gasteiger partial charge in [0.1, 0.15) is 11.6 Å². The minimum Gasteiger partial charge on any atom is -0.441 e. The number of amides is 1. The summed E-state index contributed by atoms with van der Waals surface area (Å²) >= 11 is 0. The molecule has 4 nitrogen and oxygen atoms in total. The number of carbonyl (C=O) groups is 1. The molecule has 0 aliphatic heterocycles. The molecule has 1 heterocycles. The van der Waals surface area contributed by atoms with Crippen molar-refractivity contribution in [2.24, 2.45) is 0 Å².